The Hall–Kier alpha value is -2.72. The molecule has 1 fully saturated rings. The first-order chi connectivity index (χ1) is 16.0. The van der Waals surface area contributed by atoms with Crippen LogP contribution in [0.3, 0.4) is 0 Å². The van der Waals surface area contributed by atoms with Gasteiger partial charge in [0.15, 0.2) is 0 Å². The number of benzene rings is 2. The van der Waals surface area contributed by atoms with Gasteiger partial charge in [0.05, 0.1) is 16.5 Å². The zero-order valence-electron chi connectivity index (χ0n) is 19.5. The van der Waals surface area contributed by atoms with E-state index in [2.05, 4.69) is 41.1 Å². The van der Waals surface area contributed by atoms with Crippen LogP contribution in [0, 0.1) is 11.3 Å². The van der Waals surface area contributed by atoms with E-state index in [0.29, 0.717) is 17.4 Å². The SMILES string of the molecule is CC(C)Oc1ccc(-c2ncc(-c3cccc4c3CCC4N3CCN(C)CC3)s2)cc1C#N. The predicted octanol–water partition coefficient (Wildman–Crippen LogP) is 5.37. The summed E-state index contributed by atoms with van der Waals surface area (Å²) in [6.45, 7) is 8.52. The fourth-order valence-electron chi connectivity index (χ4n) is 5.02. The van der Waals surface area contributed by atoms with Gasteiger partial charge in [0.1, 0.15) is 16.8 Å². The largest absolute Gasteiger partial charge is 0.490 e. The second kappa shape index (κ2) is 9.26. The number of fused-ring (bicyclic) bond motifs is 1. The first kappa shape index (κ1) is 22.1. The summed E-state index contributed by atoms with van der Waals surface area (Å²) < 4.78 is 5.77. The average Bonchev–Trinajstić information content (AvgIpc) is 3.47. The number of nitriles is 1. The number of aromatic nitrogens is 1. The third-order valence-corrected chi connectivity index (χ3v) is 7.78. The number of ether oxygens (including phenoxy) is 1. The van der Waals surface area contributed by atoms with E-state index in [9.17, 15) is 5.26 Å². The lowest BCUT2D eigenvalue weighted by Crippen LogP contribution is -2.45. The highest BCUT2D eigenvalue weighted by molar-refractivity contribution is 7.18. The van der Waals surface area contributed by atoms with E-state index in [-0.39, 0.29) is 6.10 Å². The molecule has 1 atom stereocenters. The maximum absolute atomic E-state index is 9.58. The molecule has 170 valence electrons. The van der Waals surface area contributed by atoms with Gasteiger partial charge in [0.25, 0.3) is 0 Å². The van der Waals surface area contributed by atoms with E-state index in [1.54, 1.807) is 11.3 Å². The minimum atomic E-state index is 0.0317. The molecule has 0 saturated carbocycles. The second-order valence-electron chi connectivity index (χ2n) is 9.29. The molecule has 1 aliphatic carbocycles. The first-order valence-electron chi connectivity index (χ1n) is 11.7. The van der Waals surface area contributed by atoms with Crippen molar-refractivity contribution in [3.63, 3.8) is 0 Å². The fraction of sp³-hybridized carbons (Fsp3) is 0.407. The summed E-state index contributed by atoms with van der Waals surface area (Å²) in [6, 6.07) is 15.3. The van der Waals surface area contributed by atoms with Crippen LogP contribution in [0.5, 0.6) is 5.75 Å². The zero-order valence-corrected chi connectivity index (χ0v) is 20.4. The molecule has 5 rings (SSSR count). The fourth-order valence-corrected chi connectivity index (χ4v) is 5.98. The second-order valence-corrected chi connectivity index (χ2v) is 10.3. The Kier molecular flexibility index (Phi) is 6.20. The molecular formula is C27H30N4OS. The van der Waals surface area contributed by atoms with Gasteiger partial charge >= 0.3 is 0 Å². The number of likely N-dealkylation sites (N-methyl/N-ethyl adjacent to an activating group) is 1. The quantitative estimate of drug-likeness (QED) is 0.514. The van der Waals surface area contributed by atoms with Gasteiger partial charge in [-0.15, -0.1) is 11.3 Å². The van der Waals surface area contributed by atoms with Crippen molar-refractivity contribution in [3.05, 3.63) is 59.3 Å². The van der Waals surface area contributed by atoms with Crippen LogP contribution in [-0.2, 0) is 6.42 Å². The van der Waals surface area contributed by atoms with Gasteiger partial charge in [0, 0.05) is 44.0 Å². The van der Waals surface area contributed by atoms with Crippen LogP contribution < -0.4 is 4.74 Å². The number of nitrogens with zero attached hydrogens (tertiary/aromatic N) is 4. The van der Waals surface area contributed by atoms with E-state index in [1.807, 2.05) is 38.2 Å². The lowest BCUT2D eigenvalue weighted by atomic mass is 10.0. The molecule has 1 aliphatic heterocycles. The van der Waals surface area contributed by atoms with Crippen molar-refractivity contribution in [3.8, 4) is 32.8 Å². The van der Waals surface area contributed by atoms with Crippen molar-refractivity contribution in [2.75, 3.05) is 33.2 Å². The molecule has 0 bridgehead atoms. The van der Waals surface area contributed by atoms with Gasteiger partial charge in [-0.05, 0) is 68.6 Å². The highest BCUT2D eigenvalue weighted by atomic mass is 32.1. The Morgan fingerprint density at radius 1 is 1.15 bits per heavy atom. The minimum Gasteiger partial charge on any atom is -0.490 e. The molecule has 1 unspecified atom stereocenters. The number of thiazole rings is 1. The molecule has 2 aromatic carbocycles. The molecule has 0 N–H and O–H groups in total. The topological polar surface area (TPSA) is 52.4 Å². The summed E-state index contributed by atoms with van der Waals surface area (Å²) in [5.41, 5.74) is 5.80. The summed E-state index contributed by atoms with van der Waals surface area (Å²) in [5, 5.41) is 10.5. The van der Waals surface area contributed by atoms with Gasteiger partial charge < -0.3 is 9.64 Å². The van der Waals surface area contributed by atoms with Crippen molar-refractivity contribution in [2.24, 2.45) is 0 Å². The molecule has 5 nitrogen and oxygen atoms in total. The van der Waals surface area contributed by atoms with Crippen molar-refractivity contribution in [1.82, 2.24) is 14.8 Å². The van der Waals surface area contributed by atoms with Gasteiger partial charge in [-0.25, -0.2) is 4.98 Å². The summed E-state index contributed by atoms with van der Waals surface area (Å²) in [7, 11) is 2.21. The molecule has 0 radical (unpaired) electrons. The van der Waals surface area contributed by atoms with Gasteiger partial charge in [-0.3, -0.25) is 4.90 Å². The summed E-state index contributed by atoms with van der Waals surface area (Å²) in [5.74, 6) is 0.629. The lowest BCUT2D eigenvalue weighted by molar-refractivity contribution is 0.111. The minimum absolute atomic E-state index is 0.0317. The average molecular weight is 459 g/mol. The standard InChI is InChI=1S/C27H30N4OS/c1-18(2)32-25-10-7-19(15-20(25)16-28)27-29-17-26(33-27)23-6-4-5-22-21(23)8-9-24(22)31-13-11-30(3)12-14-31/h4-7,10,15,17-18,24H,8-9,11-14H2,1-3H3. The van der Waals surface area contributed by atoms with E-state index in [0.717, 1.165) is 43.2 Å². The molecule has 0 amide bonds. The lowest BCUT2D eigenvalue weighted by Gasteiger charge is -2.36. The van der Waals surface area contributed by atoms with Gasteiger partial charge in [0.2, 0.25) is 0 Å². The van der Waals surface area contributed by atoms with E-state index >= 15 is 0 Å². The van der Waals surface area contributed by atoms with Crippen molar-refractivity contribution in [1.29, 1.82) is 5.26 Å². The molecule has 0 spiro atoms. The molecule has 3 aromatic rings. The van der Waals surface area contributed by atoms with Crippen LogP contribution in [0.15, 0.2) is 42.6 Å². The van der Waals surface area contributed by atoms with Crippen LogP contribution in [-0.4, -0.2) is 54.1 Å². The van der Waals surface area contributed by atoms with Crippen LogP contribution in [0.1, 0.15) is 43.0 Å². The molecule has 2 heterocycles. The number of hydrogen-bond acceptors (Lipinski definition) is 6. The Morgan fingerprint density at radius 3 is 2.73 bits per heavy atom. The van der Waals surface area contributed by atoms with Crippen LogP contribution in [0.2, 0.25) is 0 Å². The highest BCUT2D eigenvalue weighted by Gasteiger charge is 2.31. The summed E-state index contributed by atoms with van der Waals surface area (Å²) in [4.78, 5) is 11.0. The van der Waals surface area contributed by atoms with Crippen LogP contribution in [0.25, 0.3) is 21.0 Å². The number of piperazine rings is 1. The Morgan fingerprint density at radius 2 is 1.97 bits per heavy atom. The molecule has 1 aromatic heterocycles. The molecule has 33 heavy (non-hydrogen) atoms. The summed E-state index contributed by atoms with van der Waals surface area (Å²) in [6.07, 6.45) is 4.34. The first-order valence-corrected chi connectivity index (χ1v) is 12.6. The molecule has 6 heteroatoms. The maximum atomic E-state index is 9.58. The van der Waals surface area contributed by atoms with Crippen LogP contribution in [0.4, 0.5) is 0 Å². The van der Waals surface area contributed by atoms with E-state index in [1.165, 1.54) is 28.0 Å². The number of hydrogen-bond donors (Lipinski definition) is 0. The van der Waals surface area contributed by atoms with E-state index in [4.69, 9.17) is 9.72 Å². The predicted molar refractivity (Wildman–Crippen MR) is 134 cm³/mol. The zero-order chi connectivity index (χ0) is 22.9. The number of rotatable bonds is 5. The van der Waals surface area contributed by atoms with Crippen molar-refractivity contribution < 1.29 is 4.74 Å². The monoisotopic (exact) mass is 458 g/mol. The highest BCUT2D eigenvalue weighted by Crippen LogP contribution is 2.43. The Bertz CT molecular complexity index is 1190. The van der Waals surface area contributed by atoms with Gasteiger partial charge in [-0.1, -0.05) is 18.2 Å². The normalized spacial score (nSPS) is 18.9. The van der Waals surface area contributed by atoms with Crippen molar-refractivity contribution in [2.45, 2.75) is 38.8 Å². The smallest absolute Gasteiger partial charge is 0.137 e. The van der Waals surface area contributed by atoms with Crippen LogP contribution >= 0.6 is 11.3 Å². The maximum Gasteiger partial charge on any atom is 0.137 e. The third kappa shape index (κ3) is 4.41. The Balaban J connectivity index is 1.42. The Labute approximate surface area is 200 Å². The van der Waals surface area contributed by atoms with E-state index < -0.39 is 0 Å². The molecule has 1 saturated heterocycles. The molecule has 2 aliphatic rings. The van der Waals surface area contributed by atoms with Crippen molar-refractivity contribution >= 4 is 11.3 Å². The molecular weight excluding hydrogens is 428 g/mol. The summed E-state index contributed by atoms with van der Waals surface area (Å²) >= 11 is 1.70. The third-order valence-electron chi connectivity index (χ3n) is 6.70. The van der Waals surface area contributed by atoms with Gasteiger partial charge in [-0.2, -0.15) is 5.26 Å².